The Morgan fingerprint density at radius 1 is 0.458 bits per heavy atom. The van der Waals surface area contributed by atoms with Crippen LogP contribution in [0.25, 0.3) is 100 Å². The van der Waals surface area contributed by atoms with Crippen molar-refractivity contribution < 1.29 is 53.0 Å². The number of nitrogens with one attached hydrogen (secondary N) is 4. The van der Waals surface area contributed by atoms with Gasteiger partial charge in [0.1, 0.15) is 72.7 Å². The second-order valence-corrected chi connectivity index (χ2v) is 30.8. The Labute approximate surface area is 696 Å². The summed E-state index contributed by atoms with van der Waals surface area (Å²) in [6.45, 7) is 16.0. The monoisotopic (exact) mass is 1610 g/mol. The number of nitriles is 3. The maximum atomic E-state index is 11.7. The van der Waals surface area contributed by atoms with E-state index in [-0.39, 0.29) is 30.1 Å². The summed E-state index contributed by atoms with van der Waals surface area (Å²) in [5, 5.41) is 54.2. The van der Waals surface area contributed by atoms with Crippen LogP contribution in [0.2, 0.25) is 0 Å². The summed E-state index contributed by atoms with van der Waals surface area (Å²) in [6, 6.07) is 57.6. The van der Waals surface area contributed by atoms with E-state index < -0.39 is 13.2 Å². The number of piperidine rings is 3. The first kappa shape index (κ1) is 81.1. The molecule has 614 valence electrons. The van der Waals surface area contributed by atoms with Crippen molar-refractivity contribution in [2.45, 2.75) is 70.3 Å². The molecule has 120 heavy (non-hydrogen) atoms. The number of anilines is 2. The minimum atomic E-state index is -0.476. The topological polar surface area (TPSA) is 325 Å². The first-order valence-corrected chi connectivity index (χ1v) is 41.3. The zero-order valence-electron chi connectivity index (χ0n) is 67.5. The summed E-state index contributed by atoms with van der Waals surface area (Å²) >= 11 is 0. The molecule has 2 amide bonds. The lowest BCUT2D eigenvalue weighted by atomic mass is 10.0. The van der Waals surface area contributed by atoms with Gasteiger partial charge in [0.2, 0.25) is 11.8 Å². The zero-order chi connectivity index (χ0) is 82.4. The molecule has 0 bridgehead atoms. The molecule has 6 aromatic heterocycles. The number of rotatable bonds is 19. The lowest BCUT2D eigenvalue weighted by molar-refractivity contribution is -0.136. The van der Waals surface area contributed by atoms with Crippen LogP contribution in [0, 0.1) is 40.9 Å². The Morgan fingerprint density at radius 3 is 1.35 bits per heavy atom. The molecule has 26 heteroatoms. The van der Waals surface area contributed by atoms with Gasteiger partial charge in [-0.3, -0.25) is 29.4 Å². The van der Waals surface area contributed by atoms with Gasteiger partial charge in [0, 0.05) is 200 Å². The fourth-order valence-electron chi connectivity index (χ4n) is 16.7. The number of H-pyrrole nitrogens is 3. The van der Waals surface area contributed by atoms with Crippen molar-refractivity contribution in [1.82, 2.24) is 49.9 Å². The average Bonchev–Trinajstić information content (AvgIpc) is 1.61. The molecule has 12 aromatic rings. The SMILES string of the molecule is COc1cc(-c2cc3c(-c4ccc(OC5CCNCC5)c(C#N)c4)nccc3[nH]2)ccc1N1CCOCC1.Cc1cc(N2CCOCC2)ccc1-c1cc2c(-c3ccc(OC4CCN(C(=O)CO)CC4)c(C#N)c3)nccc2[nH]1.N#Cc1cc(-c2nccc3[nH]c(-c4cccc(CN5CCOCC5)c4)cc23)ccc1OC1CCN(C(=O)CO)CC1. The number of methoxy groups -OCH3 is 1. The van der Waals surface area contributed by atoms with Crippen LogP contribution in [0.5, 0.6) is 23.0 Å². The zero-order valence-corrected chi connectivity index (χ0v) is 67.5. The number of morpholine rings is 3. The van der Waals surface area contributed by atoms with Crippen LogP contribution in [-0.2, 0) is 30.3 Å². The predicted molar refractivity (Wildman–Crippen MR) is 460 cm³/mol. The molecule has 6 aliphatic heterocycles. The number of pyridine rings is 3. The quantitative estimate of drug-likeness (QED) is 0.0438. The predicted octanol–water partition coefficient (Wildman–Crippen LogP) is 13.0. The number of likely N-dealkylation sites (tertiary alicyclic amines) is 2. The molecule has 6 saturated heterocycles. The number of carbonyl (C=O) groups excluding carboxylic acids is 2. The van der Waals surface area contributed by atoms with Crippen molar-refractivity contribution in [3.8, 4) is 109 Å². The number of carbonyl (C=O) groups is 2. The summed E-state index contributed by atoms with van der Waals surface area (Å²) in [6.07, 6.45) is 9.80. The molecule has 6 N–H and O–H groups in total. The highest BCUT2D eigenvalue weighted by Gasteiger charge is 2.29. The van der Waals surface area contributed by atoms with Crippen LogP contribution < -0.4 is 34.1 Å². The summed E-state index contributed by atoms with van der Waals surface area (Å²) in [4.78, 5) is 58.6. The number of hydrogen-bond donors (Lipinski definition) is 6. The van der Waals surface area contributed by atoms with Crippen molar-refractivity contribution in [2.75, 3.05) is 148 Å². The number of aromatic nitrogens is 6. The Balaban J connectivity index is 0.000000134. The molecule has 0 atom stereocenters. The largest absolute Gasteiger partial charge is 0.495 e. The molecule has 0 unspecified atom stereocenters. The number of aliphatic hydroxyl groups excluding tert-OH is 2. The number of aromatic amines is 3. The first-order valence-electron chi connectivity index (χ1n) is 41.3. The second-order valence-electron chi connectivity index (χ2n) is 30.8. The van der Waals surface area contributed by atoms with Gasteiger partial charge in [-0.2, -0.15) is 15.8 Å². The molecule has 18 rings (SSSR count). The van der Waals surface area contributed by atoms with Gasteiger partial charge in [0.05, 0.1) is 86.2 Å². The van der Waals surface area contributed by atoms with Crippen LogP contribution >= 0.6 is 0 Å². The number of benzene rings is 6. The van der Waals surface area contributed by atoms with E-state index in [4.69, 9.17) is 48.4 Å². The molecule has 0 saturated carbocycles. The summed E-state index contributed by atoms with van der Waals surface area (Å²) in [5.41, 5.74) is 20.4. The second kappa shape index (κ2) is 37.9. The maximum Gasteiger partial charge on any atom is 0.248 e. The van der Waals surface area contributed by atoms with Gasteiger partial charge in [-0.05, 0) is 171 Å². The van der Waals surface area contributed by atoms with Gasteiger partial charge in [-0.15, -0.1) is 0 Å². The Hall–Kier alpha value is -12.7. The van der Waals surface area contributed by atoms with Gasteiger partial charge in [-0.25, -0.2) is 0 Å². The number of fused-ring (bicyclic) bond motifs is 3. The van der Waals surface area contributed by atoms with Crippen molar-refractivity contribution in [1.29, 1.82) is 15.8 Å². The van der Waals surface area contributed by atoms with E-state index in [1.54, 1.807) is 35.5 Å². The van der Waals surface area contributed by atoms with Crippen LogP contribution in [0.15, 0.2) is 170 Å². The molecule has 6 fully saturated rings. The number of aryl methyl sites for hydroxylation is 1. The standard InChI is InChI=1S/2C32H33N5O4.C30H31N5O3/c1-21-16-24(36-12-14-40-15-13-36)3-4-26(21)29-18-27-28(35-29)6-9-34-32(27)22-2-5-30(23(17-22)19-33)41-25-7-10-37(11-8-25)31(39)20-38;33-19-25-17-24(4-5-30(25)41-26-7-10-37(11-8-26)31(39)21-38)32-27-18-29(35-28(27)6-9-34-32)23-3-1-2-22(16-23)20-36-12-14-40-15-13-36;1-36-29-17-20(2-4-27(29)35-12-14-37-15-13-35)26-18-24-25(34-26)8-11-33-30(24)21-3-5-28(22(16-21)19-31)38-23-6-9-32-10-7-23/h2-6,9,16-18,25,35,38H,7-8,10-15,20H2,1H3;1-6,9,16-18,26,35,38H,7-8,10-15,20-21H2;2-5,8,11,16-18,23,32,34H,6-7,9-10,12-15H2,1H3. The lowest BCUT2D eigenvalue weighted by Gasteiger charge is -2.32. The van der Waals surface area contributed by atoms with Crippen molar-refractivity contribution in [3.05, 3.63) is 198 Å². The Morgan fingerprint density at radius 2 is 0.892 bits per heavy atom. The maximum absolute atomic E-state index is 11.7. The number of amides is 2. The fourth-order valence-corrected chi connectivity index (χ4v) is 16.7. The number of hydrogen-bond acceptors (Lipinski definition) is 21. The van der Waals surface area contributed by atoms with Gasteiger partial charge >= 0.3 is 0 Å². The van der Waals surface area contributed by atoms with Crippen molar-refractivity contribution in [2.24, 2.45) is 0 Å². The summed E-state index contributed by atoms with van der Waals surface area (Å²) < 4.78 is 40.8. The molecule has 6 aliphatic rings. The van der Waals surface area contributed by atoms with E-state index in [9.17, 15) is 25.4 Å². The highest BCUT2D eigenvalue weighted by atomic mass is 16.5. The van der Waals surface area contributed by atoms with E-state index in [2.05, 4.69) is 149 Å². The van der Waals surface area contributed by atoms with Crippen molar-refractivity contribution in [3.63, 3.8) is 0 Å². The highest BCUT2D eigenvalue weighted by molar-refractivity contribution is 5.99. The molecule has 0 spiro atoms. The third-order valence-electron chi connectivity index (χ3n) is 23.3. The fraction of sp³-hybridized carbons (Fsp3) is 0.340. The van der Waals surface area contributed by atoms with Crippen LogP contribution in [-0.4, -0.2) is 223 Å². The third kappa shape index (κ3) is 18.6. The van der Waals surface area contributed by atoms with E-state index >= 15 is 0 Å². The van der Waals surface area contributed by atoms with E-state index in [1.165, 1.54) is 16.8 Å². The van der Waals surface area contributed by atoms with E-state index in [0.717, 1.165) is 223 Å². The number of ether oxygens (including phenoxy) is 7. The van der Waals surface area contributed by atoms with Gasteiger partial charge in [0.25, 0.3) is 0 Å². The molecule has 6 aromatic carbocycles. The van der Waals surface area contributed by atoms with Gasteiger partial charge in [0.15, 0.2) is 0 Å². The summed E-state index contributed by atoms with van der Waals surface area (Å²) in [5.74, 6) is 2.01. The van der Waals surface area contributed by atoms with Crippen LogP contribution in [0.4, 0.5) is 11.4 Å². The Kier molecular flexibility index (Phi) is 25.6. The first-order chi connectivity index (χ1) is 58.9. The van der Waals surface area contributed by atoms with Gasteiger partial charge < -0.3 is 83.2 Å². The normalized spacial score (nSPS) is 16.3. The number of aliphatic hydroxyl groups is 2. The van der Waals surface area contributed by atoms with Gasteiger partial charge in [-0.1, -0.05) is 30.3 Å². The molecule has 12 heterocycles. The molecule has 26 nitrogen and oxygen atoms in total. The molecular formula is C94H97N15O11. The van der Waals surface area contributed by atoms with Crippen LogP contribution in [0.1, 0.15) is 66.3 Å². The minimum absolute atomic E-state index is 0.0940. The lowest BCUT2D eigenvalue weighted by Crippen LogP contribution is -2.42. The molecule has 0 aliphatic carbocycles. The Bertz CT molecular complexity index is 5780. The smallest absolute Gasteiger partial charge is 0.248 e. The van der Waals surface area contributed by atoms with Crippen molar-refractivity contribution >= 4 is 55.9 Å². The molecule has 0 radical (unpaired) electrons. The van der Waals surface area contributed by atoms with Crippen LogP contribution in [0.3, 0.4) is 0 Å². The van der Waals surface area contributed by atoms with E-state index in [0.29, 0.717) is 85.8 Å². The van der Waals surface area contributed by atoms with E-state index in [1.807, 2.05) is 72.8 Å². The summed E-state index contributed by atoms with van der Waals surface area (Å²) in [7, 11) is 1.71. The average molecular weight is 1610 g/mol. The third-order valence-corrected chi connectivity index (χ3v) is 23.3. The minimum Gasteiger partial charge on any atom is -0.495 e. The molecular weight excluding hydrogens is 1520 g/mol. The highest BCUT2D eigenvalue weighted by Crippen LogP contribution is 2.41. The number of nitrogens with zero attached hydrogens (tertiary/aromatic N) is 11.